The molecule has 1 aromatic heterocycles. The number of carbonyl (C=O) groups excluding carboxylic acids is 1. The topological polar surface area (TPSA) is 50.2 Å². The Labute approximate surface area is 200 Å². The molecule has 2 unspecified atom stereocenters. The number of carbonyl (C=O) groups is 1. The van der Waals surface area contributed by atoms with Gasteiger partial charge >= 0.3 is 0 Å². The van der Waals surface area contributed by atoms with Gasteiger partial charge in [-0.15, -0.1) is 0 Å². The van der Waals surface area contributed by atoms with Gasteiger partial charge in [-0.2, -0.15) is 0 Å². The maximum absolute atomic E-state index is 13.0. The van der Waals surface area contributed by atoms with Crippen LogP contribution in [0.5, 0.6) is 0 Å². The molecule has 1 amide bonds. The number of thioether (sulfide) groups is 1. The number of halogens is 1. The van der Waals surface area contributed by atoms with Crippen molar-refractivity contribution in [3.05, 3.63) is 53.1 Å². The van der Waals surface area contributed by atoms with E-state index in [4.69, 9.17) is 16.6 Å². The zero-order chi connectivity index (χ0) is 23.3. The highest BCUT2D eigenvalue weighted by Gasteiger charge is 2.24. The zero-order valence-corrected chi connectivity index (χ0v) is 21.1. The van der Waals surface area contributed by atoms with Crippen LogP contribution in [-0.2, 0) is 4.79 Å². The van der Waals surface area contributed by atoms with E-state index in [0.717, 1.165) is 47.6 Å². The summed E-state index contributed by atoms with van der Waals surface area (Å²) in [5, 5.41) is 4.09. The van der Waals surface area contributed by atoms with Gasteiger partial charge in [0.2, 0.25) is 5.91 Å². The first-order valence-corrected chi connectivity index (χ1v) is 12.4. The lowest BCUT2D eigenvalue weighted by molar-refractivity contribution is -0.115. The number of hydrogen-bond donors (Lipinski definition) is 1. The zero-order valence-electron chi connectivity index (χ0n) is 19.6. The molecule has 0 saturated carbocycles. The minimum Gasteiger partial charge on any atom is -0.324 e. The molecule has 1 heterocycles. The summed E-state index contributed by atoms with van der Waals surface area (Å²) in [5.41, 5.74) is 3.79. The van der Waals surface area contributed by atoms with Crippen LogP contribution in [0.1, 0.15) is 44.7 Å². The van der Waals surface area contributed by atoms with E-state index < -0.39 is 0 Å². The number of imidazole rings is 1. The average molecular weight is 473 g/mol. The Kier molecular flexibility index (Phi) is 8.63. The molecule has 0 fully saturated rings. The van der Waals surface area contributed by atoms with Crippen molar-refractivity contribution in [3.8, 4) is 0 Å². The van der Waals surface area contributed by atoms with Crippen molar-refractivity contribution in [2.75, 3.05) is 26.0 Å². The Morgan fingerprint density at radius 3 is 2.66 bits per heavy atom. The van der Waals surface area contributed by atoms with Crippen LogP contribution < -0.4 is 5.32 Å². The molecule has 0 bridgehead atoms. The van der Waals surface area contributed by atoms with Gasteiger partial charge in [0.05, 0.1) is 27.0 Å². The Balaban J connectivity index is 1.86. The number of anilines is 1. The second-order valence-corrected chi connectivity index (χ2v) is 10.2. The van der Waals surface area contributed by atoms with Crippen molar-refractivity contribution >= 4 is 46.0 Å². The lowest BCUT2D eigenvalue weighted by atomic mass is 10.1. The van der Waals surface area contributed by atoms with Crippen LogP contribution in [0.15, 0.2) is 47.6 Å². The van der Waals surface area contributed by atoms with Gasteiger partial charge < -0.3 is 14.8 Å². The second-order valence-electron chi connectivity index (χ2n) is 8.52. The Morgan fingerprint density at radius 2 is 1.97 bits per heavy atom. The first-order valence-electron chi connectivity index (χ1n) is 11.2. The first kappa shape index (κ1) is 24.6. The Hall–Kier alpha value is -2.02. The molecule has 172 valence electrons. The van der Waals surface area contributed by atoms with Gasteiger partial charge in [0.25, 0.3) is 0 Å². The molecule has 5 nitrogen and oxygen atoms in total. The molecular formula is C25H33ClN4OS. The first-order chi connectivity index (χ1) is 15.3. The molecule has 3 aromatic rings. The van der Waals surface area contributed by atoms with Gasteiger partial charge in [0.1, 0.15) is 0 Å². The number of aromatic nitrogens is 2. The fourth-order valence-corrected chi connectivity index (χ4v) is 5.05. The van der Waals surface area contributed by atoms with E-state index in [2.05, 4.69) is 47.9 Å². The summed E-state index contributed by atoms with van der Waals surface area (Å²) < 4.78 is 2.34. The highest BCUT2D eigenvalue weighted by molar-refractivity contribution is 8.00. The fraction of sp³-hybridized carbons (Fsp3) is 0.440. The van der Waals surface area contributed by atoms with Crippen LogP contribution in [0, 0.1) is 6.92 Å². The Bertz CT molecular complexity index is 1070. The van der Waals surface area contributed by atoms with Crippen LogP contribution in [0.3, 0.4) is 0 Å². The van der Waals surface area contributed by atoms with Crippen molar-refractivity contribution in [3.63, 3.8) is 0 Å². The van der Waals surface area contributed by atoms with Crippen LogP contribution in [0.2, 0.25) is 5.02 Å². The van der Waals surface area contributed by atoms with Gasteiger partial charge in [-0.25, -0.2) is 4.98 Å². The number of nitrogens with zero attached hydrogens (tertiary/aromatic N) is 3. The van der Waals surface area contributed by atoms with E-state index in [0.29, 0.717) is 16.8 Å². The van der Waals surface area contributed by atoms with Crippen molar-refractivity contribution in [2.45, 2.75) is 56.5 Å². The molecule has 2 aromatic carbocycles. The SMILES string of the molecule is CCCC(CCN(C)C)n1c(SC(C)C(=O)Nc2ccc(C)cc2Cl)nc2ccccc21. The molecular weight excluding hydrogens is 440 g/mol. The average Bonchev–Trinajstić information content (AvgIpc) is 3.10. The largest absolute Gasteiger partial charge is 0.324 e. The minimum absolute atomic E-state index is 0.0836. The van der Waals surface area contributed by atoms with E-state index >= 15 is 0 Å². The van der Waals surface area contributed by atoms with Crippen LogP contribution in [0.4, 0.5) is 5.69 Å². The molecule has 0 spiro atoms. The van der Waals surface area contributed by atoms with Gasteiger partial charge in [0, 0.05) is 6.04 Å². The summed E-state index contributed by atoms with van der Waals surface area (Å²) in [7, 11) is 4.21. The third kappa shape index (κ3) is 6.06. The predicted octanol–water partition coefficient (Wildman–Crippen LogP) is 6.41. The summed E-state index contributed by atoms with van der Waals surface area (Å²) in [6, 6.07) is 14.2. The number of rotatable bonds is 10. The molecule has 7 heteroatoms. The minimum atomic E-state index is -0.320. The molecule has 3 rings (SSSR count). The lowest BCUT2D eigenvalue weighted by Crippen LogP contribution is -2.24. The normalized spacial score (nSPS) is 13.5. The molecule has 0 saturated heterocycles. The number of fused-ring (bicyclic) bond motifs is 1. The van der Waals surface area contributed by atoms with E-state index in [-0.39, 0.29) is 11.2 Å². The summed E-state index contributed by atoms with van der Waals surface area (Å²) in [6.45, 7) is 7.11. The van der Waals surface area contributed by atoms with Gasteiger partial charge in [-0.1, -0.05) is 54.9 Å². The second kappa shape index (κ2) is 11.2. The van der Waals surface area contributed by atoms with Gasteiger partial charge in [0.15, 0.2) is 5.16 Å². The summed E-state index contributed by atoms with van der Waals surface area (Å²) >= 11 is 7.82. The van der Waals surface area contributed by atoms with Crippen LogP contribution in [0.25, 0.3) is 11.0 Å². The maximum atomic E-state index is 13.0. The number of aryl methyl sites for hydroxylation is 1. The summed E-state index contributed by atoms with van der Waals surface area (Å²) in [4.78, 5) is 20.1. The lowest BCUT2D eigenvalue weighted by Gasteiger charge is -2.23. The standard InChI is InChI=1S/C25H33ClN4OS/c1-6-9-19(14-15-29(4)5)30-23-11-8-7-10-22(23)28-25(30)32-18(3)24(31)27-21-13-12-17(2)16-20(21)26/h7-8,10-13,16,18-19H,6,9,14-15H2,1-5H3,(H,27,31). The predicted molar refractivity (Wildman–Crippen MR) is 137 cm³/mol. The molecule has 0 radical (unpaired) electrons. The summed E-state index contributed by atoms with van der Waals surface area (Å²) in [5.74, 6) is -0.0836. The molecule has 0 aliphatic rings. The number of hydrogen-bond acceptors (Lipinski definition) is 4. The molecule has 32 heavy (non-hydrogen) atoms. The molecule has 0 aliphatic heterocycles. The number of amides is 1. The van der Waals surface area contributed by atoms with Gasteiger partial charge in [-0.05, 0) is 77.2 Å². The van der Waals surface area contributed by atoms with Crippen molar-refractivity contribution < 1.29 is 4.79 Å². The highest BCUT2D eigenvalue weighted by atomic mass is 35.5. The third-order valence-corrected chi connectivity index (χ3v) is 6.87. The summed E-state index contributed by atoms with van der Waals surface area (Å²) in [6.07, 6.45) is 3.20. The number of benzene rings is 2. The van der Waals surface area contributed by atoms with E-state index in [1.165, 1.54) is 11.8 Å². The van der Waals surface area contributed by atoms with Crippen LogP contribution in [-0.4, -0.2) is 46.2 Å². The van der Waals surface area contributed by atoms with E-state index in [1.54, 1.807) is 0 Å². The van der Waals surface area contributed by atoms with E-state index in [9.17, 15) is 4.79 Å². The highest BCUT2D eigenvalue weighted by Crippen LogP contribution is 2.34. The van der Waals surface area contributed by atoms with Crippen LogP contribution >= 0.6 is 23.4 Å². The molecule has 0 aliphatic carbocycles. The number of para-hydroxylation sites is 2. The third-order valence-electron chi connectivity index (χ3n) is 5.49. The Morgan fingerprint density at radius 1 is 1.22 bits per heavy atom. The van der Waals surface area contributed by atoms with Crippen molar-refractivity contribution in [1.29, 1.82) is 0 Å². The number of nitrogens with one attached hydrogen (secondary N) is 1. The van der Waals surface area contributed by atoms with Crippen molar-refractivity contribution in [1.82, 2.24) is 14.5 Å². The quantitative estimate of drug-likeness (QED) is 0.346. The molecule has 2 atom stereocenters. The maximum Gasteiger partial charge on any atom is 0.237 e. The molecule has 1 N–H and O–H groups in total. The van der Waals surface area contributed by atoms with Gasteiger partial charge in [-0.3, -0.25) is 4.79 Å². The fourth-order valence-electron chi connectivity index (χ4n) is 3.77. The van der Waals surface area contributed by atoms with E-state index in [1.807, 2.05) is 44.2 Å². The van der Waals surface area contributed by atoms with Crippen molar-refractivity contribution in [2.24, 2.45) is 0 Å². The smallest absolute Gasteiger partial charge is 0.237 e. The monoisotopic (exact) mass is 472 g/mol.